The predicted octanol–water partition coefficient (Wildman–Crippen LogP) is 2.89. The first kappa shape index (κ1) is 11.3. The van der Waals surface area contributed by atoms with Gasteiger partial charge in [0.15, 0.2) is 0 Å². The summed E-state index contributed by atoms with van der Waals surface area (Å²) in [4.78, 5) is 12.0. The largest absolute Gasteiger partial charge is 0.379 e. The number of rotatable bonds is 2. The van der Waals surface area contributed by atoms with Crippen LogP contribution in [0.2, 0.25) is 0 Å². The Hall–Kier alpha value is -1.77. The van der Waals surface area contributed by atoms with Crippen molar-refractivity contribution in [3.05, 3.63) is 40.7 Å². The summed E-state index contributed by atoms with van der Waals surface area (Å²) in [6, 6.07) is 9.76. The lowest BCUT2D eigenvalue weighted by Gasteiger charge is -2.40. The first-order valence-corrected chi connectivity index (χ1v) is 6.46. The fraction of sp³-hybridized carbons (Fsp3) is 0.400. The van der Waals surface area contributed by atoms with Crippen molar-refractivity contribution >= 4 is 16.6 Å². The van der Waals surface area contributed by atoms with Crippen molar-refractivity contribution in [2.45, 2.75) is 31.7 Å². The Morgan fingerprint density at radius 3 is 2.67 bits per heavy atom. The molecule has 3 rings (SSSR count). The molecule has 1 aliphatic carbocycles. The number of para-hydroxylation sites is 1. The van der Waals surface area contributed by atoms with Crippen LogP contribution in [0.4, 0.5) is 5.69 Å². The van der Waals surface area contributed by atoms with Crippen LogP contribution in [-0.4, -0.2) is 10.1 Å². The highest BCUT2D eigenvalue weighted by molar-refractivity contribution is 5.91. The molecule has 3 heteroatoms. The van der Waals surface area contributed by atoms with Gasteiger partial charge in [0.25, 0.3) is 5.56 Å². The van der Waals surface area contributed by atoms with Gasteiger partial charge in [-0.25, -0.2) is 0 Å². The van der Waals surface area contributed by atoms with Crippen LogP contribution in [0.3, 0.4) is 0 Å². The molecule has 0 spiro atoms. The fourth-order valence-electron chi connectivity index (χ4n) is 2.67. The molecule has 0 unspecified atom stereocenters. The number of benzene rings is 1. The Balaban J connectivity index is 2.16. The maximum absolute atomic E-state index is 12.0. The van der Waals surface area contributed by atoms with Crippen LogP contribution in [0.5, 0.6) is 0 Å². The van der Waals surface area contributed by atoms with Gasteiger partial charge in [0.05, 0.1) is 5.52 Å². The zero-order valence-electron chi connectivity index (χ0n) is 10.9. The van der Waals surface area contributed by atoms with Crippen molar-refractivity contribution in [3.63, 3.8) is 0 Å². The summed E-state index contributed by atoms with van der Waals surface area (Å²) in [7, 11) is 1.82. The van der Waals surface area contributed by atoms with Crippen molar-refractivity contribution in [3.8, 4) is 0 Å². The summed E-state index contributed by atoms with van der Waals surface area (Å²) in [6.45, 7) is 2.22. The number of hydrogen-bond donors (Lipinski definition) is 1. The number of aromatic nitrogens is 1. The van der Waals surface area contributed by atoms with E-state index in [4.69, 9.17) is 0 Å². The van der Waals surface area contributed by atoms with E-state index < -0.39 is 0 Å². The lowest BCUT2D eigenvalue weighted by Crippen LogP contribution is -2.42. The van der Waals surface area contributed by atoms with E-state index in [-0.39, 0.29) is 11.1 Å². The van der Waals surface area contributed by atoms with E-state index in [1.54, 1.807) is 10.6 Å². The van der Waals surface area contributed by atoms with E-state index in [1.807, 2.05) is 25.2 Å². The predicted molar refractivity (Wildman–Crippen MR) is 75.1 cm³/mol. The molecule has 1 aromatic carbocycles. The molecule has 1 aromatic heterocycles. The minimum absolute atomic E-state index is 0.0409. The van der Waals surface area contributed by atoms with Gasteiger partial charge in [0.2, 0.25) is 0 Å². The summed E-state index contributed by atoms with van der Waals surface area (Å²) in [5.41, 5.74) is 2.15. The average molecular weight is 242 g/mol. The summed E-state index contributed by atoms with van der Waals surface area (Å²) in [6.07, 6.45) is 3.62. The molecule has 0 aliphatic heterocycles. The number of aryl methyl sites for hydroxylation is 1. The summed E-state index contributed by atoms with van der Waals surface area (Å²) < 4.78 is 1.70. The molecular formula is C15H18N2O. The molecule has 0 saturated heterocycles. The normalized spacial score (nSPS) is 17.4. The van der Waals surface area contributed by atoms with Crippen LogP contribution >= 0.6 is 0 Å². The highest BCUT2D eigenvalue weighted by Crippen LogP contribution is 2.36. The molecule has 0 radical (unpaired) electrons. The average Bonchev–Trinajstić information content (AvgIpc) is 2.34. The quantitative estimate of drug-likeness (QED) is 0.878. The van der Waals surface area contributed by atoms with Gasteiger partial charge in [-0.05, 0) is 32.3 Å². The van der Waals surface area contributed by atoms with E-state index in [2.05, 4.69) is 18.3 Å². The monoisotopic (exact) mass is 242 g/mol. The Morgan fingerprint density at radius 2 is 2.00 bits per heavy atom. The van der Waals surface area contributed by atoms with Gasteiger partial charge in [0.1, 0.15) is 0 Å². The maximum atomic E-state index is 12.0. The van der Waals surface area contributed by atoms with E-state index >= 15 is 0 Å². The zero-order chi connectivity index (χ0) is 12.8. The summed E-state index contributed by atoms with van der Waals surface area (Å²) in [5, 5.41) is 4.67. The number of nitrogens with zero attached hydrogens (tertiary/aromatic N) is 1. The standard InChI is InChI=1S/C15H18N2O/c1-15(8-5-9-15)16-12-10-14(18)17(2)13-7-4-3-6-11(12)13/h3-4,6-7,10,16H,5,8-9H2,1-2H3. The van der Waals surface area contributed by atoms with Crippen molar-refractivity contribution in [1.29, 1.82) is 0 Å². The van der Waals surface area contributed by atoms with Crippen LogP contribution in [0.1, 0.15) is 26.2 Å². The number of anilines is 1. The van der Waals surface area contributed by atoms with Gasteiger partial charge in [-0.3, -0.25) is 4.79 Å². The smallest absolute Gasteiger partial charge is 0.252 e. The van der Waals surface area contributed by atoms with Crippen LogP contribution < -0.4 is 10.9 Å². The SMILES string of the molecule is Cn1c(=O)cc(NC2(C)CCC2)c2ccccc21. The van der Waals surface area contributed by atoms with E-state index in [1.165, 1.54) is 19.3 Å². The van der Waals surface area contributed by atoms with Crippen LogP contribution in [0, 0.1) is 0 Å². The molecular weight excluding hydrogens is 224 g/mol. The van der Waals surface area contributed by atoms with Crippen molar-refractivity contribution in [2.75, 3.05) is 5.32 Å². The van der Waals surface area contributed by atoms with Gasteiger partial charge >= 0.3 is 0 Å². The van der Waals surface area contributed by atoms with Crippen molar-refractivity contribution in [2.24, 2.45) is 7.05 Å². The molecule has 1 fully saturated rings. The molecule has 0 bridgehead atoms. The molecule has 1 saturated carbocycles. The Bertz CT molecular complexity index is 653. The Labute approximate surface area is 106 Å². The zero-order valence-corrected chi connectivity index (χ0v) is 10.9. The van der Waals surface area contributed by atoms with Crippen LogP contribution in [0.15, 0.2) is 35.1 Å². The Morgan fingerprint density at radius 1 is 1.28 bits per heavy atom. The molecule has 18 heavy (non-hydrogen) atoms. The molecule has 2 aromatic rings. The third-order valence-corrected chi connectivity index (χ3v) is 4.05. The number of pyridine rings is 1. The first-order chi connectivity index (χ1) is 8.59. The first-order valence-electron chi connectivity index (χ1n) is 6.46. The topological polar surface area (TPSA) is 34.0 Å². The Kier molecular flexibility index (Phi) is 2.44. The number of hydrogen-bond acceptors (Lipinski definition) is 2. The minimum atomic E-state index is 0.0409. The van der Waals surface area contributed by atoms with Gasteiger partial charge in [-0.1, -0.05) is 18.2 Å². The van der Waals surface area contributed by atoms with Gasteiger partial charge < -0.3 is 9.88 Å². The third kappa shape index (κ3) is 1.70. The summed E-state index contributed by atoms with van der Waals surface area (Å²) >= 11 is 0. The van der Waals surface area contributed by atoms with Gasteiger partial charge in [-0.2, -0.15) is 0 Å². The van der Waals surface area contributed by atoms with Gasteiger partial charge in [-0.15, -0.1) is 0 Å². The number of fused-ring (bicyclic) bond motifs is 1. The summed E-state index contributed by atoms with van der Waals surface area (Å²) in [5.74, 6) is 0. The lowest BCUT2D eigenvalue weighted by molar-refractivity contribution is 0.307. The highest BCUT2D eigenvalue weighted by atomic mass is 16.1. The molecule has 3 nitrogen and oxygen atoms in total. The van der Waals surface area contributed by atoms with Gasteiger partial charge in [0, 0.05) is 29.7 Å². The highest BCUT2D eigenvalue weighted by Gasteiger charge is 2.31. The maximum Gasteiger partial charge on any atom is 0.252 e. The molecule has 1 N–H and O–H groups in total. The van der Waals surface area contributed by atoms with Crippen molar-refractivity contribution in [1.82, 2.24) is 4.57 Å². The number of nitrogens with one attached hydrogen (secondary N) is 1. The van der Waals surface area contributed by atoms with Crippen LogP contribution in [0.25, 0.3) is 10.9 Å². The molecule has 1 heterocycles. The van der Waals surface area contributed by atoms with Crippen LogP contribution in [-0.2, 0) is 7.05 Å². The third-order valence-electron chi connectivity index (χ3n) is 4.05. The molecule has 1 aliphatic rings. The second kappa shape index (κ2) is 3.87. The molecule has 0 atom stereocenters. The van der Waals surface area contributed by atoms with E-state index in [0.29, 0.717) is 0 Å². The second-order valence-corrected chi connectivity index (χ2v) is 5.51. The minimum Gasteiger partial charge on any atom is -0.379 e. The van der Waals surface area contributed by atoms with Crippen molar-refractivity contribution < 1.29 is 0 Å². The molecule has 0 amide bonds. The second-order valence-electron chi connectivity index (χ2n) is 5.51. The molecule has 94 valence electrons. The van der Waals surface area contributed by atoms with E-state index in [0.717, 1.165) is 16.6 Å². The van der Waals surface area contributed by atoms with E-state index in [9.17, 15) is 4.79 Å². The fourth-order valence-corrected chi connectivity index (χ4v) is 2.67. The lowest BCUT2D eigenvalue weighted by atomic mass is 9.78.